The molecule has 2 N–H and O–H groups in total. The lowest BCUT2D eigenvalue weighted by atomic mass is 10.2. The molecule has 0 spiro atoms. The van der Waals surface area contributed by atoms with E-state index in [1.807, 2.05) is 20.8 Å². The first-order valence-corrected chi connectivity index (χ1v) is 8.20. The summed E-state index contributed by atoms with van der Waals surface area (Å²) in [6.45, 7) is 7.66. The minimum Gasteiger partial charge on any atom is -0.444 e. The van der Waals surface area contributed by atoms with Gasteiger partial charge in [0.1, 0.15) is 16.6 Å². The third kappa shape index (κ3) is 5.68. The van der Waals surface area contributed by atoms with Crippen LogP contribution < -0.4 is 15.5 Å². The zero-order chi connectivity index (χ0) is 17.7. The number of rotatable bonds is 4. The topological polar surface area (TPSA) is 88.6 Å². The van der Waals surface area contributed by atoms with E-state index in [4.69, 9.17) is 21.1 Å². The highest BCUT2D eigenvalue weighted by Gasteiger charge is 2.24. The van der Waals surface area contributed by atoms with Crippen LogP contribution in [0.3, 0.4) is 0 Å². The van der Waals surface area contributed by atoms with Gasteiger partial charge in [0.15, 0.2) is 0 Å². The van der Waals surface area contributed by atoms with E-state index >= 15 is 0 Å². The summed E-state index contributed by atoms with van der Waals surface area (Å²) >= 11 is 6.03. The smallest absolute Gasteiger partial charge is 0.407 e. The van der Waals surface area contributed by atoms with Crippen LogP contribution in [0.5, 0.6) is 0 Å². The average Bonchev–Trinajstić information content (AvgIpc) is 2.51. The number of aromatic nitrogens is 2. The van der Waals surface area contributed by atoms with Crippen molar-refractivity contribution < 1.29 is 14.3 Å². The summed E-state index contributed by atoms with van der Waals surface area (Å²) in [5.41, 5.74) is -0.523. The first kappa shape index (κ1) is 18.5. The first-order chi connectivity index (χ1) is 11.3. The molecule has 24 heavy (non-hydrogen) atoms. The second-order valence-corrected chi connectivity index (χ2v) is 6.83. The Morgan fingerprint density at radius 1 is 1.50 bits per heavy atom. The molecular formula is C15H24ClN5O3. The maximum absolute atomic E-state index is 11.7. The second-order valence-electron chi connectivity index (χ2n) is 6.44. The molecule has 1 amide bonds. The summed E-state index contributed by atoms with van der Waals surface area (Å²) in [6.07, 6.45) is -0.608. The number of nitrogens with one attached hydrogen (secondary N) is 2. The lowest BCUT2D eigenvalue weighted by molar-refractivity contribution is 0.0281. The SMILES string of the molecule is CNc1nc(Cl)cc(N2CCO[C@H](CNC(=O)OC(C)(C)C)C2)n1. The van der Waals surface area contributed by atoms with E-state index in [-0.39, 0.29) is 6.10 Å². The molecule has 1 aromatic heterocycles. The molecule has 2 rings (SSSR count). The number of amides is 1. The average molecular weight is 358 g/mol. The summed E-state index contributed by atoms with van der Waals surface area (Å²) in [4.78, 5) is 22.3. The molecule has 0 aromatic carbocycles. The Morgan fingerprint density at radius 2 is 2.25 bits per heavy atom. The number of carbonyl (C=O) groups excluding carboxylic acids is 1. The van der Waals surface area contributed by atoms with E-state index in [0.29, 0.717) is 37.3 Å². The van der Waals surface area contributed by atoms with Gasteiger partial charge < -0.3 is 25.0 Å². The van der Waals surface area contributed by atoms with Gasteiger partial charge in [-0.15, -0.1) is 0 Å². The molecule has 0 aliphatic carbocycles. The normalized spacial score (nSPS) is 18.2. The number of carbonyl (C=O) groups is 1. The number of morpholine rings is 1. The van der Waals surface area contributed by atoms with Crippen molar-refractivity contribution in [3.8, 4) is 0 Å². The summed E-state index contributed by atoms with van der Waals surface area (Å²) in [5, 5.41) is 5.99. The summed E-state index contributed by atoms with van der Waals surface area (Å²) in [6, 6.07) is 1.71. The van der Waals surface area contributed by atoms with Crippen LogP contribution in [0.4, 0.5) is 16.6 Å². The molecule has 1 fully saturated rings. The Hall–Kier alpha value is -1.80. The van der Waals surface area contributed by atoms with Crippen molar-refractivity contribution in [2.45, 2.75) is 32.5 Å². The van der Waals surface area contributed by atoms with Crippen LogP contribution >= 0.6 is 11.6 Å². The van der Waals surface area contributed by atoms with Gasteiger partial charge >= 0.3 is 6.09 Å². The maximum atomic E-state index is 11.7. The lowest BCUT2D eigenvalue weighted by Gasteiger charge is -2.34. The molecule has 2 heterocycles. The van der Waals surface area contributed by atoms with Gasteiger partial charge in [0.25, 0.3) is 0 Å². The third-order valence-corrected chi connectivity index (χ3v) is 3.43. The number of halogens is 1. The number of hydrogen-bond donors (Lipinski definition) is 2. The van der Waals surface area contributed by atoms with E-state index < -0.39 is 11.7 Å². The molecular weight excluding hydrogens is 334 g/mol. The van der Waals surface area contributed by atoms with E-state index in [9.17, 15) is 4.79 Å². The zero-order valence-electron chi connectivity index (χ0n) is 14.4. The minimum atomic E-state index is -0.523. The van der Waals surface area contributed by atoms with Crippen LogP contribution in [0.2, 0.25) is 5.15 Å². The first-order valence-electron chi connectivity index (χ1n) is 7.82. The number of hydrogen-bond acceptors (Lipinski definition) is 7. The van der Waals surface area contributed by atoms with Crippen molar-refractivity contribution >= 4 is 29.5 Å². The van der Waals surface area contributed by atoms with Gasteiger partial charge in [-0.3, -0.25) is 0 Å². The minimum absolute atomic E-state index is 0.155. The Balaban J connectivity index is 1.92. The van der Waals surface area contributed by atoms with Crippen LogP contribution in [-0.4, -0.2) is 61.1 Å². The number of nitrogens with zero attached hydrogens (tertiary/aromatic N) is 3. The summed E-state index contributed by atoms with van der Waals surface area (Å²) < 4.78 is 10.9. The number of ether oxygens (including phenoxy) is 2. The molecule has 0 radical (unpaired) electrons. The fourth-order valence-corrected chi connectivity index (χ4v) is 2.42. The van der Waals surface area contributed by atoms with Crippen molar-refractivity contribution in [2.24, 2.45) is 0 Å². The Kier molecular flexibility index (Phi) is 6.06. The number of anilines is 2. The third-order valence-electron chi connectivity index (χ3n) is 3.24. The molecule has 0 unspecified atom stereocenters. The standard InChI is InChI=1S/C15H24ClN5O3/c1-15(2,3)24-14(22)18-8-10-9-21(5-6-23-10)12-7-11(16)19-13(17-4)20-12/h7,10H,5-6,8-9H2,1-4H3,(H,18,22)(H,17,19,20)/t10-/m1/s1. The van der Waals surface area contributed by atoms with Crippen molar-refractivity contribution in [3.63, 3.8) is 0 Å². The monoisotopic (exact) mass is 357 g/mol. The molecule has 134 valence electrons. The molecule has 1 aliphatic rings. The van der Waals surface area contributed by atoms with Gasteiger partial charge in [-0.25, -0.2) is 9.78 Å². The molecule has 1 aliphatic heterocycles. The molecule has 1 atom stereocenters. The van der Waals surface area contributed by atoms with Gasteiger partial charge in [-0.1, -0.05) is 11.6 Å². The quantitative estimate of drug-likeness (QED) is 0.795. The second kappa shape index (κ2) is 7.85. The van der Waals surface area contributed by atoms with Gasteiger partial charge in [0.05, 0.1) is 12.7 Å². The van der Waals surface area contributed by atoms with Crippen molar-refractivity contribution in [2.75, 3.05) is 43.5 Å². The predicted molar refractivity (Wildman–Crippen MR) is 92.8 cm³/mol. The van der Waals surface area contributed by atoms with Crippen molar-refractivity contribution in [1.29, 1.82) is 0 Å². The Labute approximate surface area is 146 Å². The van der Waals surface area contributed by atoms with E-state index in [1.165, 1.54) is 0 Å². The molecule has 1 saturated heterocycles. The molecule has 8 nitrogen and oxygen atoms in total. The molecule has 0 bridgehead atoms. The predicted octanol–water partition coefficient (Wildman–Crippen LogP) is 1.90. The highest BCUT2D eigenvalue weighted by atomic mass is 35.5. The highest BCUT2D eigenvalue weighted by Crippen LogP contribution is 2.20. The molecule has 1 aromatic rings. The molecule has 0 saturated carbocycles. The summed E-state index contributed by atoms with van der Waals surface area (Å²) in [7, 11) is 1.74. The van der Waals surface area contributed by atoms with Gasteiger partial charge in [-0.05, 0) is 20.8 Å². The number of alkyl carbamates (subject to hydrolysis) is 1. The Morgan fingerprint density at radius 3 is 2.92 bits per heavy atom. The zero-order valence-corrected chi connectivity index (χ0v) is 15.2. The van der Waals surface area contributed by atoms with Crippen LogP contribution in [0.25, 0.3) is 0 Å². The van der Waals surface area contributed by atoms with Gasteiger partial charge in [0.2, 0.25) is 5.95 Å². The van der Waals surface area contributed by atoms with E-state index in [0.717, 1.165) is 5.82 Å². The van der Waals surface area contributed by atoms with Crippen LogP contribution in [-0.2, 0) is 9.47 Å². The van der Waals surface area contributed by atoms with Crippen molar-refractivity contribution in [3.05, 3.63) is 11.2 Å². The largest absolute Gasteiger partial charge is 0.444 e. The van der Waals surface area contributed by atoms with E-state index in [1.54, 1.807) is 13.1 Å². The molecule has 9 heteroatoms. The van der Waals surface area contributed by atoms with E-state index in [2.05, 4.69) is 25.5 Å². The van der Waals surface area contributed by atoms with Gasteiger partial charge in [0, 0.05) is 32.7 Å². The summed E-state index contributed by atoms with van der Waals surface area (Å²) in [5.74, 6) is 1.19. The Bertz CT molecular complexity index is 579. The highest BCUT2D eigenvalue weighted by molar-refractivity contribution is 6.29. The van der Waals surface area contributed by atoms with Crippen LogP contribution in [0, 0.1) is 0 Å². The maximum Gasteiger partial charge on any atom is 0.407 e. The van der Waals surface area contributed by atoms with Gasteiger partial charge in [-0.2, -0.15) is 4.98 Å². The van der Waals surface area contributed by atoms with Crippen molar-refractivity contribution in [1.82, 2.24) is 15.3 Å². The van der Waals surface area contributed by atoms with Crippen LogP contribution in [0.15, 0.2) is 6.07 Å². The van der Waals surface area contributed by atoms with Crippen LogP contribution in [0.1, 0.15) is 20.8 Å². The fourth-order valence-electron chi connectivity index (χ4n) is 2.24. The lowest BCUT2D eigenvalue weighted by Crippen LogP contribution is -2.48. The fraction of sp³-hybridized carbons (Fsp3) is 0.667.